The van der Waals surface area contributed by atoms with Crippen molar-refractivity contribution in [1.29, 1.82) is 0 Å². The van der Waals surface area contributed by atoms with Crippen molar-refractivity contribution < 1.29 is 14.3 Å². The first kappa shape index (κ1) is 15.5. The molecule has 0 radical (unpaired) electrons. The number of methoxy groups -OCH3 is 2. The Labute approximate surface area is 137 Å². The van der Waals surface area contributed by atoms with E-state index in [0.717, 1.165) is 15.4 Å². The zero-order chi connectivity index (χ0) is 14.9. The number of hydrogen-bond donors (Lipinski definition) is 0. The van der Waals surface area contributed by atoms with E-state index in [1.54, 1.807) is 12.1 Å². The Balaban J connectivity index is 2.83. The largest absolute Gasteiger partial charge is 0.480 e. The van der Waals surface area contributed by atoms with Crippen molar-refractivity contribution in [2.75, 3.05) is 14.2 Å². The molecule has 1 aromatic heterocycles. The molecule has 20 heavy (non-hydrogen) atoms. The molecule has 2 rings (SSSR count). The number of halogens is 3. The molecule has 0 aliphatic heterocycles. The van der Waals surface area contributed by atoms with Crippen LogP contribution in [0.1, 0.15) is 15.9 Å². The topological polar surface area (TPSA) is 48.4 Å². The van der Waals surface area contributed by atoms with Crippen LogP contribution in [0.5, 0.6) is 5.88 Å². The van der Waals surface area contributed by atoms with Gasteiger partial charge in [-0.25, -0.2) is 9.78 Å². The Morgan fingerprint density at radius 1 is 1.40 bits per heavy atom. The van der Waals surface area contributed by atoms with Crippen molar-refractivity contribution in [2.24, 2.45) is 0 Å². The normalized spacial score (nSPS) is 10.7. The number of esters is 1. The van der Waals surface area contributed by atoms with Gasteiger partial charge in [0.05, 0.1) is 24.8 Å². The van der Waals surface area contributed by atoms with Gasteiger partial charge in [-0.15, -0.1) is 0 Å². The molecule has 0 saturated heterocycles. The molecule has 0 saturated carbocycles. The third-order valence-electron chi connectivity index (χ3n) is 2.79. The molecule has 0 fully saturated rings. The van der Waals surface area contributed by atoms with E-state index >= 15 is 0 Å². The Kier molecular flexibility index (Phi) is 4.88. The zero-order valence-electron chi connectivity index (χ0n) is 10.7. The van der Waals surface area contributed by atoms with E-state index in [2.05, 4.69) is 36.8 Å². The van der Waals surface area contributed by atoms with Gasteiger partial charge in [-0.2, -0.15) is 0 Å². The summed E-state index contributed by atoms with van der Waals surface area (Å²) in [5.74, 6) is -0.281. The number of benzene rings is 1. The highest BCUT2D eigenvalue weighted by atomic mass is 79.9. The van der Waals surface area contributed by atoms with Gasteiger partial charge >= 0.3 is 5.97 Å². The lowest BCUT2D eigenvalue weighted by molar-refractivity contribution is 0.0596. The quantitative estimate of drug-likeness (QED) is 0.544. The Morgan fingerprint density at radius 3 is 2.65 bits per heavy atom. The van der Waals surface area contributed by atoms with E-state index < -0.39 is 5.97 Å². The molecule has 7 heteroatoms. The lowest BCUT2D eigenvalue weighted by Crippen LogP contribution is -2.06. The summed E-state index contributed by atoms with van der Waals surface area (Å²) in [5.41, 5.74) is 1.87. The number of hydrogen-bond acceptors (Lipinski definition) is 4. The molecular formula is C13H10Br2ClNO3. The summed E-state index contributed by atoms with van der Waals surface area (Å²) < 4.78 is 10.7. The van der Waals surface area contributed by atoms with Crippen LogP contribution in [0.2, 0.25) is 5.02 Å². The van der Waals surface area contributed by atoms with Crippen LogP contribution in [0.4, 0.5) is 0 Å². The minimum absolute atomic E-state index is 0.223. The van der Waals surface area contributed by atoms with E-state index in [-0.39, 0.29) is 11.4 Å². The van der Waals surface area contributed by atoms with Crippen molar-refractivity contribution >= 4 is 60.3 Å². The summed E-state index contributed by atoms with van der Waals surface area (Å²) in [5, 5.41) is 1.86. The molecule has 1 heterocycles. The molecular weight excluding hydrogens is 413 g/mol. The Hall–Kier alpha value is -0.850. The SMILES string of the molecule is COC(=O)c1cc2cc(Cl)c(Br)c(CBr)c2nc1OC. The highest BCUT2D eigenvalue weighted by molar-refractivity contribution is 9.10. The van der Waals surface area contributed by atoms with Crippen LogP contribution in [0.3, 0.4) is 0 Å². The van der Waals surface area contributed by atoms with E-state index in [0.29, 0.717) is 15.9 Å². The van der Waals surface area contributed by atoms with Crippen LogP contribution in [0.15, 0.2) is 16.6 Å². The molecule has 2 aromatic rings. The van der Waals surface area contributed by atoms with Gasteiger partial charge in [-0.1, -0.05) is 27.5 Å². The van der Waals surface area contributed by atoms with Gasteiger partial charge in [0.1, 0.15) is 5.56 Å². The van der Waals surface area contributed by atoms with E-state index in [1.807, 2.05) is 0 Å². The molecule has 0 atom stereocenters. The number of nitrogens with zero attached hydrogens (tertiary/aromatic N) is 1. The van der Waals surface area contributed by atoms with Crippen LogP contribution in [-0.2, 0) is 10.1 Å². The number of ether oxygens (including phenoxy) is 2. The average molecular weight is 423 g/mol. The minimum atomic E-state index is -0.504. The summed E-state index contributed by atoms with van der Waals surface area (Å²) in [6, 6.07) is 3.41. The summed E-state index contributed by atoms with van der Waals surface area (Å²) in [6.07, 6.45) is 0. The molecule has 0 aliphatic rings. The van der Waals surface area contributed by atoms with Gasteiger partial charge in [-0.3, -0.25) is 0 Å². The predicted octanol–water partition coefficient (Wildman–Crippen LogP) is 4.34. The van der Waals surface area contributed by atoms with Crippen LogP contribution in [0.25, 0.3) is 10.9 Å². The minimum Gasteiger partial charge on any atom is -0.480 e. The van der Waals surface area contributed by atoms with Gasteiger partial charge in [-0.05, 0) is 28.1 Å². The first-order valence-electron chi connectivity index (χ1n) is 5.53. The molecule has 0 spiro atoms. The van der Waals surface area contributed by atoms with Crippen LogP contribution in [0, 0.1) is 0 Å². The Bertz CT molecular complexity index is 691. The molecule has 0 N–H and O–H groups in total. The third-order valence-corrected chi connectivity index (χ3v) is 4.78. The Morgan fingerprint density at radius 2 is 2.10 bits per heavy atom. The van der Waals surface area contributed by atoms with Gasteiger partial charge in [0.15, 0.2) is 0 Å². The van der Waals surface area contributed by atoms with Crippen molar-refractivity contribution in [3.8, 4) is 5.88 Å². The fraction of sp³-hybridized carbons (Fsp3) is 0.231. The molecule has 4 nitrogen and oxygen atoms in total. The number of aromatic nitrogens is 1. The third kappa shape index (κ3) is 2.64. The van der Waals surface area contributed by atoms with E-state index in [9.17, 15) is 4.79 Å². The maximum absolute atomic E-state index is 11.7. The molecule has 0 aliphatic carbocycles. The average Bonchev–Trinajstić information content (AvgIpc) is 2.46. The van der Waals surface area contributed by atoms with Crippen molar-refractivity contribution in [2.45, 2.75) is 5.33 Å². The summed E-state index contributed by atoms with van der Waals surface area (Å²) in [4.78, 5) is 16.1. The fourth-order valence-corrected chi connectivity index (χ4v) is 3.44. The number of carbonyl (C=O) groups is 1. The predicted molar refractivity (Wildman–Crippen MR) is 85.0 cm³/mol. The first-order chi connectivity index (χ1) is 9.53. The van der Waals surface area contributed by atoms with Crippen molar-refractivity contribution in [3.63, 3.8) is 0 Å². The summed E-state index contributed by atoms with van der Waals surface area (Å²) >= 11 is 13.0. The molecule has 106 valence electrons. The van der Waals surface area contributed by atoms with Gasteiger partial charge in [0.25, 0.3) is 0 Å². The lowest BCUT2D eigenvalue weighted by Gasteiger charge is -2.12. The maximum Gasteiger partial charge on any atom is 0.343 e. The number of fused-ring (bicyclic) bond motifs is 1. The molecule has 0 unspecified atom stereocenters. The van der Waals surface area contributed by atoms with Gasteiger partial charge in [0, 0.05) is 20.8 Å². The highest BCUT2D eigenvalue weighted by Gasteiger charge is 2.19. The molecule has 0 amide bonds. The highest BCUT2D eigenvalue weighted by Crippen LogP contribution is 2.36. The van der Waals surface area contributed by atoms with Gasteiger partial charge < -0.3 is 9.47 Å². The number of alkyl halides is 1. The summed E-state index contributed by atoms with van der Waals surface area (Å²) in [7, 11) is 2.77. The standard InChI is InChI=1S/C13H10Br2ClNO3/c1-19-12-7(13(18)20-2)3-6-4-9(16)10(15)8(5-14)11(6)17-12/h3-4H,5H2,1-2H3. The van der Waals surface area contributed by atoms with Crippen LogP contribution in [-0.4, -0.2) is 25.2 Å². The fourth-order valence-electron chi connectivity index (χ4n) is 1.85. The van der Waals surface area contributed by atoms with Gasteiger partial charge in [0.2, 0.25) is 5.88 Å². The second-order valence-electron chi connectivity index (χ2n) is 3.89. The molecule has 0 bridgehead atoms. The number of rotatable bonds is 3. The number of carbonyl (C=O) groups excluding carboxylic acids is 1. The maximum atomic E-state index is 11.7. The number of pyridine rings is 1. The smallest absolute Gasteiger partial charge is 0.343 e. The monoisotopic (exact) mass is 421 g/mol. The lowest BCUT2D eigenvalue weighted by atomic mass is 10.1. The second kappa shape index (κ2) is 6.28. The second-order valence-corrected chi connectivity index (χ2v) is 5.65. The zero-order valence-corrected chi connectivity index (χ0v) is 14.6. The van der Waals surface area contributed by atoms with Crippen molar-refractivity contribution in [1.82, 2.24) is 4.98 Å². The molecule has 1 aromatic carbocycles. The van der Waals surface area contributed by atoms with Crippen LogP contribution >= 0.6 is 43.5 Å². The van der Waals surface area contributed by atoms with Crippen LogP contribution < -0.4 is 4.74 Å². The summed E-state index contributed by atoms with van der Waals surface area (Å²) in [6.45, 7) is 0. The van der Waals surface area contributed by atoms with E-state index in [1.165, 1.54) is 14.2 Å². The first-order valence-corrected chi connectivity index (χ1v) is 7.82. The van der Waals surface area contributed by atoms with E-state index in [4.69, 9.17) is 21.1 Å². The van der Waals surface area contributed by atoms with Crippen molar-refractivity contribution in [3.05, 3.63) is 32.8 Å².